The van der Waals surface area contributed by atoms with Crippen molar-refractivity contribution in [3.63, 3.8) is 0 Å². The number of hydrogen-bond acceptors (Lipinski definition) is 9. The molecule has 0 radical (unpaired) electrons. The lowest BCUT2D eigenvalue weighted by atomic mass is 10.1. The van der Waals surface area contributed by atoms with E-state index in [9.17, 15) is 9.59 Å². The molecule has 0 unspecified atom stereocenters. The first kappa shape index (κ1) is 22.8. The molecular formula is C21H23N7O3S. The van der Waals surface area contributed by atoms with Crippen molar-refractivity contribution in [2.75, 3.05) is 28.9 Å². The van der Waals surface area contributed by atoms with E-state index in [2.05, 4.69) is 26.0 Å². The number of aromatic nitrogens is 3. The Balaban J connectivity index is 1.49. The Kier molecular flexibility index (Phi) is 7.81. The van der Waals surface area contributed by atoms with Crippen LogP contribution in [0.2, 0.25) is 0 Å². The van der Waals surface area contributed by atoms with Crippen LogP contribution in [0.4, 0.5) is 11.6 Å². The smallest absolute Gasteiger partial charge is 0.264 e. The highest BCUT2D eigenvalue weighted by molar-refractivity contribution is 7.99. The maximum absolute atomic E-state index is 12.2. The first-order valence-corrected chi connectivity index (χ1v) is 10.7. The van der Waals surface area contributed by atoms with Gasteiger partial charge in [-0.25, -0.2) is 10.1 Å². The Morgan fingerprint density at radius 2 is 1.88 bits per heavy atom. The van der Waals surface area contributed by atoms with Gasteiger partial charge in [0.15, 0.2) is 5.78 Å². The van der Waals surface area contributed by atoms with Crippen LogP contribution in [0.25, 0.3) is 0 Å². The molecule has 1 amide bonds. The summed E-state index contributed by atoms with van der Waals surface area (Å²) in [4.78, 5) is 23.5. The summed E-state index contributed by atoms with van der Waals surface area (Å²) in [7, 11) is 0. The van der Waals surface area contributed by atoms with E-state index in [0.29, 0.717) is 23.0 Å². The van der Waals surface area contributed by atoms with E-state index in [4.69, 9.17) is 10.6 Å². The summed E-state index contributed by atoms with van der Waals surface area (Å²) in [5, 5.41) is 15.1. The molecule has 0 saturated carbocycles. The third-order valence-corrected chi connectivity index (χ3v) is 5.08. The maximum atomic E-state index is 12.2. The molecule has 0 aliphatic heterocycles. The van der Waals surface area contributed by atoms with Crippen LogP contribution in [0.3, 0.4) is 0 Å². The van der Waals surface area contributed by atoms with E-state index in [0.717, 1.165) is 23.1 Å². The average molecular weight is 454 g/mol. The van der Waals surface area contributed by atoms with Crippen LogP contribution in [0.1, 0.15) is 29.8 Å². The second-order valence-corrected chi connectivity index (χ2v) is 7.46. The van der Waals surface area contributed by atoms with Crippen molar-refractivity contribution < 1.29 is 14.3 Å². The fourth-order valence-corrected chi connectivity index (χ4v) is 3.20. The van der Waals surface area contributed by atoms with Gasteiger partial charge in [-0.2, -0.15) is 5.10 Å². The van der Waals surface area contributed by atoms with Gasteiger partial charge in [-0.15, -0.1) is 10.2 Å². The Bertz CT molecular complexity index is 1100. The lowest BCUT2D eigenvalue weighted by Crippen LogP contribution is -2.17. The first-order chi connectivity index (χ1) is 15.5. The van der Waals surface area contributed by atoms with Crippen LogP contribution in [0.15, 0.2) is 58.8 Å². The third-order valence-electron chi connectivity index (χ3n) is 4.14. The minimum atomic E-state index is -0.239. The van der Waals surface area contributed by atoms with E-state index in [1.165, 1.54) is 11.6 Å². The molecule has 0 fully saturated rings. The highest BCUT2D eigenvalue weighted by Gasteiger charge is 2.12. The molecule has 3 aromatic rings. The zero-order valence-electron chi connectivity index (χ0n) is 17.6. The van der Waals surface area contributed by atoms with Gasteiger partial charge in [0.1, 0.15) is 5.75 Å². The van der Waals surface area contributed by atoms with Crippen molar-refractivity contribution >= 4 is 41.3 Å². The molecule has 1 heterocycles. The second kappa shape index (κ2) is 11.0. The molecule has 4 N–H and O–H groups in total. The molecule has 32 heavy (non-hydrogen) atoms. The Hall–Kier alpha value is -3.86. The fraction of sp³-hybridized carbons (Fsp3) is 0.190. The number of ether oxygens (including phenoxy) is 1. The molecule has 0 bridgehead atoms. The number of carbonyl (C=O) groups excluding carboxylic acids is 2. The second-order valence-electron chi connectivity index (χ2n) is 6.52. The van der Waals surface area contributed by atoms with Crippen molar-refractivity contribution in [3.05, 3.63) is 59.7 Å². The summed E-state index contributed by atoms with van der Waals surface area (Å²) in [6.07, 6.45) is 1.61. The summed E-state index contributed by atoms with van der Waals surface area (Å²) in [5.41, 5.74) is 4.77. The zero-order valence-corrected chi connectivity index (χ0v) is 18.4. The van der Waals surface area contributed by atoms with E-state index in [1.807, 2.05) is 31.2 Å². The van der Waals surface area contributed by atoms with Gasteiger partial charge in [0.2, 0.25) is 11.1 Å². The van der Waals surface area contributed by atoms with Gasteiger partial charge in [-0.05, 0) is 67.9 Å². The summed E-state index contributed by atoms with van der Waals surface area (Å²) in [6, 6.07) is 14.1. The molecule has 0 atom stereocenters. The zero-order chi connectivity index (χ0) is 22.9. The van der Waals surface area contributed by atoms with Gasteiger partial charge in [-0.3, -0.25) is 9.59 Å². The van der Waals surface area contributed by atoms with Crippen LogP contribution in [0, 0.1) is 0 Å². The standard InChI is InChI=1S/C21H23N7O3S/c1-3-31-18-10-4-15(5-11-18)12-23-25-20-26-27-21(28(20)22)32-13-19(30)24-17-8-6-16(7-9-17)14(2)29/h4-12H,3,13,22H2,1-2H3,(H,24,30)(H,25,26)/b23-12+. The number of nitrogens with one attached hydrogen (secondary N) is 2. The van der Waals surface area contributed by atoms with Crippen molar-refractivity contribution in [2.45, 2.75) is 19.0 Å². The largest absolute Gasteiger partial charge is 0.494 e. The van der Waals surface area contributed by atoms with E-state index in [1.54, 1.807) is 30.5 Å². The lowest BCUT2D eigenvalue weighted by Gasteiger charge is -2.06. The number of benzene rings is 2. The Morgan fingerprint density at radius 3 is 2.53 bits per heavy atom. The van der Waals surface area contributed by atoms with Gasteiger partial charge < -0.3 is 15.9 Å². The van der Waals surface area contributed by atoms with Crippen molar-refractivity contribution in [3.8, 4) is 5.75 Å². The van der Waals surface area contributed by atoms with Crippen molar-refractivity contribution in [2.24, 2.45) is 5.10 Å². The summed E-state index contributed by atoms with van der Waals surface area (Å²) in [6.45, 7) is 4.02. The minimum Gasteiger partial charge on any atom is -0.494 e. The van der Waals surface area contributed by atoms with E-state index in [-0.39, 0.29) is 23.4 Å². The summed E-state index contributed by atoms with van der Waals surface area (Å²) >= 11 is 1.13. The predicted molar refractivity (Wildman–Crippen MR) is 125 cm³/mol. The van der Waals surface area contributed by atoms with Crippen LogP contribution in [-0.2, 0) is 4.79 Å². The topological polar surface area (TPSA) is 137 Å². The maximum Gasteiger partial charge on any atom is 0.264 e. The quantitative estimate of drug-likeness (QED) is 0.140. The van der Waals surface area contributed by atoms with Crippen LogP contribution in [0.5, 0.6) is 5.75 Å². The summed E-state index contributed by atoms with van der Waals surface area (Å²) < 4.78 is 6.62. The molecule has 0 aliphatic rings. The fourth-order valence-electron chi connectivity index (χ4n) is 2.55. The SMILES string of the molecule is CCOc1ccc(/C=N/Nc2nnc(SCC(=O)Nc3ccc(C(C)=O)cc3)n2N)cc1. The van der Waals surface area contributed by atoms with Crippen LogP contribution < -0.4 is 21.3 Å². The molecule has 10 nitrogen and oxygen atoms in total. The van der Waals surface area contributed by atoms with Gasteiger partial charge >= 0.3 is 0 Å². The van der Waals surface area contributed by atoms with Crippen molar-refractivity contribution in [1.29, 1.82) is 0 Å². The lowest BCUT2D eigenvalue weighted by molar-refractivity contribution is -0.113. The molecule has 0 spiro atoms. The Morgan fingerprint density at radius 1 is 1.16 bits per heavy atom. The number of anilines is 2. The number of nitrogens with two attached hydrogens (primary N) is 1. The molecule has 2 aromatic carbocycles. The third kappa shape index (κ3) is 6.32. The molecular weight excluding hydrogens is 430 g/mol. The number of nitrogens with zero attached hydrogens (tertiary/aromatic N) is 4. The number of rotatable bonds is 10. The number of thioether (sulfide) groups is 1. The monoisotopic (exact) mass is 453 g/mol. The van der Waals surface area contributed by atoms with Crippen molar-refractivity contribution in [1.82, 2.24) is 14.9 Å². The number of amides is 1. The number of hydrazone groups is 1. The predicted octanol–water partition coefficient (Wildman–Crippen LogP) is 2.77. The molecule has 11 heteroatoms. The van der Waals surface area contributed by atoms with Gasteiger partial charge in [0.05, 0.1) is 18.6 Å². The number of nitrogen functional groups attached to an aromatic ring is 1. The Labute approximate surface area is 189 Å². The number of ketones is 1. The van der Waals surface area contributed by atoms with Crippen LogP contribution >= 0.6 is 11.8 Å². The summed E-state index contributed by atoms with van der Waals surface area (Å²) in [5.74, 6) is 6.81. The average Bonchev–Trinajstić information content (AvgIpc) is 3.13. The highest BCUT2D eigenvalue weighted by Crippen LogP contribution is 2.18. The van der Waals surface area contributed by atoms with Gasteiger partial charge in [0.25, 0.3) is 5.95 Å². The molecule has 1 aromatic heterocycles. The number of hydrogen-bond donors (Lipinski definition) is 3. The van der Waals surface area contributed by atoms with Gasteiger partial charge in [-0.1, -0.05) is 11.8 Å². The normalized spacial score (nSPS) is 10.8. The molecule has 0 aliphatic carbocycles. The van der Waals surface area contributed by atoms with Gasteiger partial charge in [0, 0.05) is 11.3 Å². The molecule has 0 saturated heterocycles. The first-order valence-electron chi connectivity index (χ1n) is 9.72. The van der Waals surface area contributed by atoms with Crippen LogP contribution in [-0.4, -0.2) is 45.1 Å². The van der Waals surface area contributed by atoms with E-state index < -0.39 is 0 Å². The minimum absolute atomic E-state index is 0.0334. The molecule has 3 rings (SSSR count). The molecule has 166 valence electrons. The van der Waals surface area contributed by atoms with E-state index >= 15 is 0 Å². The highest BCUT2D eigenvalue weighted by atomic mass is 32.2. The number of carbonyl (C=O) groups is 2. The number of Topliss-reactive ketones (excluding diaryl/α,β-unsaturated/α-hetero) is 1.